The predicted molar refractivity (Wildman–Crippen MR) is 89.6 cm³/mol. The quantitative estimate of drug-likeness (QED) is 0.714. The molecule has 5 heteroatoms. The van der Waals surface area contributed by atoms with E-state index < -0.39 is 0 Å². The van der Waals surface area contributed by atoms with E-state index in [4.69, 9.17) is 21.3 Å². The second-order valence-electron chi connectivity index (χ2n) is 5.88. The molecule has 0 aliphatic heterocycles. The second-order valence-corrected chi connectivity index (χ2v) is 7.04. The Hall–Kier alpha value is -0.970. The maximum Gasteiger partial charge on any atom is 0.161 e. The molecule has 112 valence electrons. The summed E-state index contributed by atoms with van der Waals surface area (Å²) >= 11 is 9.74. The van der Waals surface area contributed by atoms with Crippen molar-refractivity contribution in [1.29, 1.82) is 0 Å². The van der Waals surface area contributed by atoms with Gasteiger partial charge in [-0.15, -0.1) is 0 Å². The number of aromatic nitrogens is 2. The minimum Gasteiger partial charge on any atom is -0.380 e. The van der Waals surface area contributed by atoms with E-state index in [1.807, 2.05) is 24.3 Å². The first-order chi connectivity index (χ1) is 9.82. The Morgan fingerprint density at radius 3 is 2.57 bits per heavy atom. The number of rotatable bonds is 3. The number of nitrogens with zero attached hydrogens (tertiary/aromatic N) is 2. The Balaban J connectivity index is 2.54. The van der Waals surface area contributed by atoms with Gasteiger partial charge in [0.05, 0.1) is 16.8 Å². The zero-order valence-electron chi connectivity index (χ0n) is 12.6. The summed E-state index contributed by atoms with van der Waals surface area (Å²) in [5, 5.41) is 0.432. The standard InChI is InChI=1S/C16H18BrClN2O/c1-16(2,3)13-12(17)14(18)20-15(19-13)11-7-5-6-10(8-11)9-21-4/h5-8H,9H2,1-4H3. The minimum atomic E-state index is -0.121. The molecule has 0 bridgehead atoms. The summed E-state index contributed by atoms with van der Waals surface area (Å²) < 4.78 is 5.92. The van der Waals surface area contributed by atoms with Crippen LogP contribution in [-0.2, 0) is 16.8 Å². The highest BCUT2D eigenvalue weighted by Gasteiger charge is 2.23. The molecule has 0 spiro atoms. The molecule has 0 N–H and O–H groups in total. The molecule has 2 rings (SSSR count). The van der Waals surface area contributed by atoms with Crippen LogP contribution in [0.5, 0.6) is 0 Å². The fraction of sp³-hybridized carbons (Fsp3) is 0.375. The molecule has 21 heavy (non-hydrogen) atoms. The van der Waals surface area contributed by atoms with Crippen molar-refractivity contribution in [3.05, 3.63) is 45.1 Å². The second kappa shape index (κ2) is 6.42. The Bertz CT molecular complexity index is 653. The zero-order valence-corrected chi connectivity index (χ0v) is 14.9. The molecule has 0 fully saturated rings. The summed E-state index contributed by atoms with van der Waals surface area (Å²) in [6, 6.07) is 7.98. The van der Waals surface area contributed by atoms with Crippen molar-refractivity contribution in [2.24, 2.45) is 0 Å². The first kappa shape index (κ1) is 16.4. The van der Waals surface area contributed by atoms with Crippen molar-refractivity contribution in [3.8, 4) is 11.4 Å². The van der Waals surface area contributed by atoms with Crippen LogP contribution < -0.4 is 0 Å². The van der Waals surface area contributed by atoms with Crippen LogP contribution in [0.2, 0.25) is 5.15 Å². The average molecular weight is 370 g/mol. The van der Waals surface area contributed by atoms with Crippen molar-refractivity contribution < 1.29 is 4.74 Å². The number of halogens is 2. The Kier molecular flexibility index (Phi) is 5.02. The molecular formula is C16H18BrClN2O. The van der Waals surface area contributed by atoms with Gasteiger partial charge in [-0.25, -0.2) is 9.97 Å². The molecular weight excluding hydrogens is 352 g/mol. The van der Waals surface area contributed by atoms with Gasteiger partial charge in [0.15, 0.2) is 5.82 Å². The Morgan fingerprint density at radius 1 is 1.24 bits per heavy atom. The summed E-state index contributed by atoms with van der Waals surface area (Å²) in [6.07, 6.45) is 0. The van der Waals surface area contributed by atoms with Gasteiger partial charge in [-0.2, -0.15) is 0 Å². The maximum atomic E-state index is 6.25. The highest BCUT2D eigenvalue weighted by molar-refractivity contribution is 9.10. The summed E-state index contributed by atoms with van der Waals surface area (Å²) in [5.41, 5.74) is 2.79. The molecule has 0 unspecified atom stereocenters. The molecule has 0 amide bonds. The first-order valence-corrected chi connectivity index (χ1v) is 7.82. The number of methoxy groups -OCH3 is 1. The summed E-state index contributed by atoms with van der Waals surface area (Å²) in [6.45, 7) is 6.86. The van der Waals surface area contributed by atoms with Crippen LogP contribution in [0, 0.1) is 0 Å². The van der Waals surface area contributed by atoms with Gasteiger partial charge in [-0.05, 0) is 27.6 Å². The van der Waals surface area contributed by atoms with E-state index in [1.54, 1.807) is 7.11 Å². The third kappa shape index (κ3) is 3.82. The maximum absolute atomic E-state index is 6.25. The molecule has 0 radical (unpaired) electrons. The molecule has 0 saturated carbocycles. The molecule has 3 nitrogen and oxygen atoms in total. The van der Waals surface area contributed by atoms with Gasteiger partial charge in [0, 0.05) is 18.1 Å². The fourth-order valence-electron chi connectivity index (χ4n) is 2.01. The van der Waals surface area contributed by atoms with Crippen molar-refractivity contribution >= 4 is 27.5 Å². The van der Waals surface area contributed by atoms with Crippen LogP contribution in [0.15, 0.2) is 28.7 Å². The molecule has 0 saturated heterocycles. The SMILES string of the molecule is COCc1cccc(-c2nc(Cl)c(Br)c(C(C)(C)C)n2)c1. The number of ether oxygens (including phenoxy) is 1. The lowest BCUT2D eigenvalue weighted by atomic mass is 9.92. The third-order valence-corrected chi connectivity index (χ3v) is 4.27. The minimum absolute atomic E-state index is 0.121. The molecule has 1 aromatic heterocycles. The van der Waals surface area contributed by atoms with Gasteiger partial charge in [0.25, 0.3) is 0 Å². The molecule has 0 atom stereocenters. The van der Waals surface area contributed by atoms with Crippen LogP contribution in [-0.4, -0.2) is 17.1 Å². The Labute approximate surface area is 138 Å². The highest BCUT2D eigenvalue weighted by Crippen LogP contribution is 2.34. The Morgan fingerprint density at radius 2 is 1.95 bits per heavy atom. The molecule has 1 heterocycles. The molecule has 1 aromatic carbocycles. The van der Waals surface area contributed by atoms with Crippen LogP contribution in [0.25, 0.3) is 11.4 Å². The van der Waals surface area contributed by atoms with E-state index in [9.17, 15) is 0 Å². The molecule has 0 aliphatic carbocycles. The van der Waals surface area contributed by atoms with Crippen molar-refractivity contribution in [3.63, 3.8) is 0 Å². The summed E-state index contributed by atoms with van der Waals surface area (Å²) in [4.78, 5) is 9.08. The van der Waals surface area contributed by atoms with E-state index in [2.05, 4.69) is 41.7 Å². The van der Waals surface area contributed by atoms with Crippen molar-refractivity contribution in [2.75, 3.05) is 7.11 Å². The van der Waals surface area contributed by atoms with Gasteiger partial charge >= 0.3 is 0 Å². The van der Waals surface area contributed by atoms with E-state index in [-0.39, 0.29) is 5.41 Å². The lowest BCUT2D eigenvalue weighted by Gasteiger charge is -2.20. The number of hydrogen-bond acceptors (Lipinski definition) is 3. The van der Waals surface area contributed by atoms with Crippen LogP contribution >= 0.6 is 27.5 Å². The van der Waals surface area contributed by atoms with Crippen LogP contribution in [0.3, 0.4) is 0 Å². The average Bonchev–Trinajstić information content (AvgIpc) is 2.41. The van der Waals surface area contributed by atoms with E-state index in [0.29, 0.717) is 17.6 Å². The third-order valence-electron chi connectivity index (χ3n) is 3.02. The first-order valence-electron chi connectivity index (χ1n) is 6.64. The van der Waals surface area contributed by atoms with Crippen LogP contribution in [0.4, 0.5) is 0 Å². The van der Waals surface area contributed by atoms with Gasteiger partial charge < -0.3 is 4.74 Å². The fourth-order valence-corrected chi connectivity index (χ4v) is 2.95. The number of hydrogen-bond donors (Lipinski definition) is 0. The van der Waals surface area contributed by atoms with E-state index in [0.717, 1.165) is 21.3 Å². The highest BCUT2D eigenvalue weighted by atomic mass is 79.9. The van der Waals surface area contributed by atoms with Gasteiger partial charge in [0.2, 0.25) is 0 Å². The predicted octanol–water partition coefficient (Wildman–Crippen LogP) is 5.00. The lowest BCUT2D eigenvalue weighted by molar-refractivity contribution is 0.185. The zero-order chi connectivity index (χ0) is 15.6. The molecule has 0 aliphatic rings. The van der Waals surface area contributed by atoms with Crippen molar-refractivity contribution in [1.82, 2.24) is 9.97 Å². The lowest BCUT2D eigenvalue weighted by Crippen LogP contribution is -2.16. The normalized spacial score (nSPS) is 11.7. The summed E-state index contributed by atoms with van der Waals surface area (Å²) in [7, 11) is 1.68. The molecule has 2 aromatic rings. The largest absolute Gasteiger partial charge is 0.380 e. The van der Waals surface area contributed by atoms with Crippen molar-refractivity contribution in [2.45, 2.75) is 32.8 Å². The van der Waals surface area contributed by atoms with E-state index in [1.165, 1.54) is 0 Å². The topological polar surface area (TPSA) is 35.0 Å². The smallest absolute Gasteiger partial charge is 0.161 e. The van der Waals surface area contributed by atoms with E-state index >= 15 is 0 Å². The van der Waals surface area contributed by atoms with Gasteiger partial charge in [-0.1, -0.05) is 50.6 Å². The summed E-state index contributed by atoms with van der Waals surface area (Å²) in [5.74, 6) is 0.631. The van der Waals surface area contributed by atoms with Crippen LogP contribution in [0.1, 0.15) is 32.0 Å². The van der Waals surface area contributed by atoms with Gasteiger partial charge in [0.1, 0.15) is 5.15 Å². The van der Waals surface area contributed by atoms with Gasteiger partial charge in [-0.3, -0.25) is 0 Å². The monoisotopic (exact) mass is 368 g/mol. The number of benzene rings is 1.